The number of nitrogens with one attached hydrogen (secondary N) is 1. The highest BCUT2D eigenvalue weighted by atomic mass is 16.1. The van der Waals surface area contributed by atoms with Gasteiger partial charge in [0.1, 0.15) is 0 Å². The summed E-state index contributed by atoms with van der Waals surface area (Å²) in [6.07, 6.45) is 3.47. The second-order valence-corrected chi connectivity index (χ2v) is 4.33. The number of fused-ring (bicyclic) bond motifs is 1. The zero-order chi connectivity index (χ0) is 13.4. The molecule has 96 valence electrons. The fraction of sp³-hybridized carbons (Fsp3) is 0.154. The number of aromatic nitrogens is 4. The zero-order valence-electron chi connectivity index (χ0n) is 10.7. The van der Waals surface area contributed by atoms with E-state index in [0.717, 1.165) is 11.2 Å². The molecule has 3 rings (SSSR count). The molecule has 1 amide bonds. The van der Waals surface area contributed by atoms with Crippen molar-refractivity contribution in [3.63, 3.8) is 0 Å². The SMILES string of the molecule is Cc1cc(NC(=O)c2cccn3nccc23)nn1C. The molecular formula is C13H13N5O. The molecule has 0 saturated carbocycles. The van der Waals surface area contributed by atoms with Gasteiger partial charge in [-0.1, -0.05) is 0 Å². The number of nitrogens with zero attached hydrogens (tertiary/aromatic N) is 4. The molecule has 0 aliphatic carbocycles. The highest BCUT2D eigenvalue weighted by Gasteiger charge is 2.12. The van der Waals surface area contributed by atoms with Crippen LogP contribution in [0.5, 0.6) is 0 Å². The maximum atomic E-state index is 12.2. The van der Waals surface area contributed by atoms with Crippen LogP contribution >= 0.6 is 0 Å². The lowest BCUT2D eigenvalue weighted by atomic mass is 10.2. The van der Waals surface area contributed by atoms with Crippen LogP contribution in [0, 0.1) is 6.92 Å². The van der Waals surface area contributed by atoms with Crippen LogP contribution in [0.4, 0.5) is 5.82 Å². The predicted octanol–water partition coefficient (Wildman–Crippen LogP) is 1.63. The van der Waals surface area contributed by atoms with E-state index in [4.69, 9.17) is 0 Å². The smallest absolute Gasteiger partial charge is 0.259 e. The molecule has 0 saturated heterocycles. The summed E-state index contributed by atoms with van der Waals surface area (Å²) >= 11 is 0. The summed E-state index contributed by atoms with van der Waals surface area (Å²) in [6, 6.07) is 7.19. The van der Waals surface area contributed by atoms with E-state index in [1.54, 1.807) is 39.8 Å². The maximum absolute atomic E-state index is 12.2. The van der Waals surface area contributed by atoms with Crippen LogP contribution < -0.4 is 5.32 Å². The summed E-state index contributed by atoms with van der Waals surface area (Å²) in [7, 11) is 1.84. The minimum Gasteiger partial charge on any atom is -0.305 e. The number of rotatable bonds is 2. The Balaban J connectivity index is 1.94. The van der Waals surface area contributed by atoms with Crippen LogP contribution in [0.25, 0.3) is 5.52 Å². The van der Waals surface area contributed by atoms with Gasteiger partial charge in [-0.05, 0) is 25.1 Å². The summed E-state index contributed by atoms with van der Waals surface area (Å²) in [5.74, 6) is 0.357. The first-order valence-corrected chi connectivity index (χ1v) is 5.89. The molecule has 3 heterocycles. The Labute approximate surface area is 109 Å². The third-order valence-electron chi connectivity index (χ3n) is 3.04. The first kappa shape index (κ1) is 11.5. The lowest BCUT2D eigenvalue weighted by Crippen LogP contribution is -2.13. The Morgan fingerprint density at radius 3 is 2.95 bits per heavy atom. The van der Waals surface area contributed by atoms with Crippen molar-refractivity contribution in [1.82, 2.24) is 19.4 Å². The number of aryl methyl sites for hydroxylation is 2. The van der Waals surface area contributed by atoms with Crippen LogP contribution in [0.2, 0.25) is 0 Å². The van der Waals surface area contributed by atoms with Gasteiger partial charge in [0.2, 0.25) is 0 Å². The summed E-state index contributed by atoms with van der Waals surface area (Å²) in [5.41, 5.74) is 2.33. The predicted molar refractivity (Wildman–Crippen MR) is 71.1 cm³/mol. The van der Waals surface area contributed by atoms with Crippen molar-refractivity contribution in [2.75, 3.05) is 5.32 Å². The summed E-state index contributed by atoms with van der Waals surface area (Å²) in [5, 5.41) is 11.1. The molecule has 6 heteroatoms. The van der Waals surface area contributed by atoms with Gasteiger partial charge in [0.15, 0.2) is 5.82 Å². The van der Waals surface area contributed by atoms with E-state index < -0.39 is 0 Å². The normalized spacial score (nSPS) is 10.8. The van der Waals surface area contributed by atoms with Crippen molar-refractivity contribution < 1.29 is 4.79 Å². The van der Waals surface area contributed by atoms with Crippen molar-refractivity contribution in [3.8, 4) is 0 Å². The van der Waals surface area contributed by atoms with Gasteiger partial charge in [-0.2, -0.15) is 10.2 Å². The Kier molecular flexibility index (Phi) is 2.56. The number of carbonyl (C=O) groups is 1. The van der Waals surface area contributed by atoms with E-state index >= 15 is 0 Å². The van der Waals surface area contributed by atoms with Crippen molar-refractivity contribution in [2.45, 2.75) is 6.92 Å². The van der Waals surface area contributed by atoms with E-state index in [-0.39, 0.29) is 5.91 Å². The standard InChI is InChI=1S/C13H13N5O/c1-9-8-12(16-17(9)2)15-13(19)10-4-3-7-18-11(10)5-6-14-18/h3-8H,1-2H3,(H,15,16,19). The molecular weight excluding hydrogens is 242 g/mol. The molecule has 0 aliphatic heterocycles. The summed E-state index contributed by atoms with van der Waals surface area (Å²) in [6.45, 7) is 1.93. The molecule has 0 aliphatic rings. The highest BCUT2D eigenvalue weighted by Crippen LogP contribution is 2.13. The minimum absolute atomic E-state index is 0.191. The third kappa shape index (κ3) is 1.97. The fourth-order valence-electron chi connectivity index (χ4n) is 1.95. The zero-order valence-corrected chi connectivity index (χ0v) is 10.7. The molecule has 0 fully saturated rings. The molecule has 0 bridgehead atoms. The van der Waals surface area contributed by atoms with Gasteiger partial charge in [0, 0.05) is 25.0 Å². The Morgan fingerprint density at radius 1 is 1.37 bits per heavy atom. The van der Waals surface area contributed by atoms with Crippen LogP contribution in [-0.4, -0.2) is 25.3 Å². The molecule has 3 aromatic heterocycles. The van der Waals surface area contributed by atoms with Gasteiger partial charge in [-0.15, -0.1) is 0 Å². The summed E-state index contributed by atoms with van der Waals surface area (Å²) in [4.78, 5) is 12.2. The largest absolute Gasteiger partial charge is 0.305 e. The van der Waals surface area contributed by atoms with E-state index in [1.807, 2.05) is 20.0 Å². The lowest BCUT2D eigenvalue weighted by Gasteiger charge is -2.03. The number of pyridine rings is 1. The molecule has 3 aromatic rings. The average molecular weight is 255 g/mol. The maximum Gasteiger partial charge on any atom is 0.259 e. The molecule has 6 nitrogen and oxygen atoms in total. The molecule has 0 atom stereocenters. The molecule has 0 spiro atoms. The van der Waals surface area contributed by atoms with E-state index in [0.29, 0.717) is 11.4 Å². The Morgan fingerprint density at radius 2 is 2.21 bits per heavy atom. The Hall–Kier alpha value is -2.63. The second-order valence-electron chi connectivity index (χ2n) is 4.33. The fourth-order valence-corrected chi connectivity index (χ4v) is 1.95. The van der Waals surface area contributed by atoms with Crippen LogP contribution in [-0.2, 0) is 7.05 Å². The van der Waals surface area contributed by atoms with E-state index in [1.165, 1.54) is 0 Å². The number of hydrogen-bond acceptors (Lipinski definition) is 3. The van der Waals surface area contributed by atoms with Gasteiger partial charge in [0.25, 0.3) is 5.91 Å². The number of carbonyl (C=O) groups excluding carboxylic acids is 1. The monoisotopic (exact) mass is 255 g/mol. The van der Waals surface area contributed by atoms with Gasteiger partial charge >= 0.3 is 0 Å². The second kappa shape index (κ2) is 4.24. The number of anilines is 1. The average Bonchev–Trinajstić information content (AvgIpc) is 2.96. The number of amides is 1. The minimum atomic E-state index is -0.191. The van der Waals surface area contributed by atoms with Gasteiger partial charge in [0.05, 0.1) is 17.3 Å². The molecule has 0 aromatic carbocycles. The summed E-state index contributed by atoms with van der Waals surface area (Å²) < 4.78 is 3.38. The van der Waals surface area contributed by atoms with Crippen molar-refractivity contribution in [3.05, 3.63) is 47.9 Å². The van der Waals surface area contributed by atoms with Crippen molar-refractivity contribution in [1.29, 1.82) is 0 Å². The molecule has 0 unspecified atom stereocenters. The highest BCUT2D eigenvalue weighted by molar-refractivity contribution is 6.08. The van der Waals surface area contributed by atoms with Gasteiger partial charge in [-0.3, -0.25) is 9.48 Å². The Bertz CT molecular complexity index is 736. The van der Waals surface area contributed by atoms with Crippen LogP contribution in [0.3, 0.4) is 0 Å². The van der Waals surface area contributed by atoms with Gasteiger partial charge in [-0.25, -0.2) is 4.52 Å². The van der Waals surface area contributed by atoms with Crippen molar-refractivity contribution >= 4 is 17.2 Å². The molecule has 19 heavy (non-hydrogen) atoms. The van der Waals surface area contributed by atoms with Crippen LogP contribution in [0.15, 0.2) is 36.7 Å². The molecule has 1 N–H and O–H groups in total. The first-order valence-electron chi connectivity index (χ1n) is 5.89. The first-order chi connectivity index (χ1) is 9.15. The topological polar surface area (TPSA) is 64.2 Å². The molecule has 0 radical (unpaired) electrons. The van der Waals surface area contributed by atoms with Crippen LogP contribution in [0.1, 0.15) is 16.1 Å². The number of hydrogen-bond donors (Lipinski definition) is 1. The third-order valence-corrected chi connectivity index (χ3v) is 3.04. The van der Waals surface area contributed by atoms with E-state index in [9.17, 15) is 4.79 Å². The quantitative estimate of drug-likeness (QED) is 0.757. The van der Waals surface area contributed by atoms with Gasteiger partial charge < -0.3 is 5.32 Å². The van der Waals surface area contributed by atoms with Crippen molar-refractivity contribution in [2.24, 2.45) is 7.05 Å². The van der Waals surface area contributed by atoms with E-state index in [2.05, 4.69) is 15.5 Å². The lowest BCUT2D eigenvalue weighted by molar-refractivity contribution is 0.102.